The van der Waals surface area contributed by atoms with Crippen LogP contribution in [0.15, 0.2) is 42.5 Å². The van der Waals surface area contributed by atoms with Gasteiger partial charge in [0.1, 0.15) is 8.42 Å². The van der Waals surface area contributed by atoms with Gasteiger partial charge in [-0.15, -0.1) is 0 Å². The second-order valence-corrected chi connectivity index (χ2v) is 13.3. The fourth-order valence-corrected chi connectivity index (χ4v) is 4.51. The van der Waals surface area contributed by atoms with Crippen molar-refractivity contribution in [2.45, 2.75) is 53.2 Å². The number of pyridine rings is 1. The molecule has 0 aliphatic heterocycles. The molecule has 0 spiro atoms. The lowest BCUT2D eigenvalue weighted by molar-refractivity contribution is -0.659. The molecule has 2 heteroatoms. The van der Waals surface area contributed by atoms with E-state index in [4.69, 9.17) is 8.22 Å². The van der Waals surface area contributed by atoms with Gasteiger partial charge >= 0.3 is 0 Å². The summed E-state index contributed by atoms with van der Waals surface area (Å²) in [6.07, 6.45) is 0.104. The zero-order valence-corrected chi connectivity index (χ0v) is 17.8. The summed E-state index contributed by atoms with van der Waals surface area (Å²) in [7, 11) is 0.156. The topological polar surface area (TPSA) is 3.88 Å². The molecular formula is C24H32NSi+. The van der Waals surface area contributed by atoms with E-state index in [-0.39, 0.29) is 12.2 Å². The summed E-state index contributed by atoms with van der Waals surface area (Å²) in [5.41, 5.74) is 3.85. The van der Waals surface area contributed by atoms with Crippen LogP contribution in [0, 0.1) is 13.8 Å². The molecule has 136 valence electrons. The minimum atomic E-state index is -2.48. The number of aromatic nitrogens is 1. The largest absolute Gasteiger partial charge is 0.220 e. The molecule has 0 N–H and O–H groups in total. The van der Waals surface area contributed by atoms with Crippen molar-refractivity contribution in [2.75, 3.05) is 0 Å². The Morgan fingerprint density at radius 2 is 1.88 bits per heavy atom. The number of fused-ring (bicyclic) bond motifs is 1. The van der Waals surface area contributed by atoms with Crippen LogP contribution in [-0.4, -0.2) is 8.07 Å². The highest BCUT2D eigenvalue weighted by Crippen LogP contribution is 2.32. The van der Waals surface area contributed by atoms with E-state index in [1.54, 1.807) is 23.7 Å². The van der Waals surface area contributed by atoms with Crippen LogP contribution in [0.3, 0.4) is 0 Å². The SMILES string of the molecule is [2H]c1c([2H])[n+](C)c(-c2cc(C([2H])(C)C([2H])([2H])[2H])cc(C)c2C)c2ccc([Si](C)(C)C)cc12. The molecular weight excluding hydrogens is 330 g/mol. The first kappa shape index (κ1) is 12.5. The third kappa shape index (κ3) is 3.35. The van der Waals surface area contributed by atoms with Crippen molar-refractivity contribution in [2.24, 2.45) is 7.05 Å². The summed E-state index contributed by atoms with van der Waals surface area (Å²) < 4.78 is 51.1. The van der Waals surface area contributed by atoms with E-state index in [1.165, 1.54) is 12.1 Å². The third-order valence-corrected chi connectivity index (χ3v) is 7.23. The number of hydrogen-bond donors (Lipinski definition) is 0. The Morgan fingerprint density at radius 1 is 1.15 bits per heavy atom. The molecule has 0 amide bonds. The molecule has 1 aromatic heterocycles. The highest BCUT2D eigenvalue weighted by Gasteiger charge is 2.22. The smallest absolute Gasteiger partial charge is 0.200 e. The van der Waals surface area contributed by atoms with Gasteiger partial charge in [0.15, 0.2) is 6.17 Å². The molecule has 0 fully saturated rings. The van der Waals surface area contributed by atoms with Gasteiger partial charge in [0.05, 0.1) is 20.4 Å². The zero-order chi connectivity index (χ0) is 24.4. The molecule has 1 nitrogen and oxygen atoms in total. The Hall–Kier alpha value is -1.93. The van der Waals surface area contributed by atoms with Crippen molar-refractivity contribution in [3.63, 3.8) is 0 Å². The first-order chi connectivity index (χ1) is 14.5. The maximum Gasteiger partial charge on any atom is 0.220 e. The number of rotatable bonds is 3. The predicted octanol–water partition coefficient (Wildman–Crippen LogP) is 5.62. The fourth-order valence-electron chi connectivity index (χ4n) is 3.35. The van der Waals surface area contributed by atoms with Gasteiger partial charge in [0.2, 0.25) is 5.69 Å². The quantitative estimate of drug-likeness (QED) is 0.417. The molecule has 3 rings (SSSR count). The van der Waals surface area contributed by atoms with Gasteiger partial charge in [0.25, 0.3) is 0 Å². The highest BCUT2D eigenvalue weighted by molar-refractivity contribution is 6.88. The number of aryl methyl sites for hydroxylation is 1. The van der Waals surface area contributed by atoms with E-state index in [2.05, 4.69) is 31.8 Å². The van der Waals surface area contributed by atoms with Crippen molar-refractivity contribution in [1.29, 1.82) is 0 Å². The second-order valence-electron chi connectivity index (χ2n) is 8.25. The standard InChI is InChI=1S/C24H32NSi/c1-16(2)20-13-17(3)18(4)23(15-20)24-22-10-9-21(26(6,7)8)14-19(22)11-12-25(24)5/h9-16H,1-8H3/q+1/i1D3,11D,12D,16D. The van der Waals surface area contributed by atoms with E-state index in [9.17, 15) is 0 Å². The van der Waals surface area contributed by atoms with Crippen LogP contribution in [-0.2, 0) is 7.05 Å². The Morgan fingerprint density at radius 3 is 2.54 bits per heavy atom. The van der Waals surface area contributed by atoms with Crippen LogP contribution in [0.4, 0.5) is 0 Å². The molecule has 3 aromatic rings. The van der Waals surface area contributed by atoms with Gasteiger partial charge in [-0.05, 0) is 54.0 Å². The van der Waals surface area contributed by atoms with E-state index >= 15 is 0 Å². The number of benzene rings is 2. The Kier molecular flexibility index (Phi) is 3.19. The molecule has 1 unspecified atom stereocenters. The van der Waals surface area contributed by atoms with Crippen LogP contribution in [0.25, 0.3) is 22.0 Å². The van der Waals surface area contributed by atoms with Gasteiger partial charge in [-0.3, -0.25) is 0 Å². The lowest BCUT2D eigenvalue weighted by Crippen LogP contribution is -2.37. The molecule has 26 heavy (non-hydrogen) atoms. The number of nitrogens with zero attached hydrogens (tertiary/aromatic N) is 1. The average molecular weight is 369 g/mol. The third-order valence-electron chi connectivity index (χ3n) is 5.19. The zero-order valence-electron chi connectivity index (χ0n) is 22.8. The maximum atomic E-state index is 8.61. The molecule has 0 saturated heterocycles. The molecule has 0 radical (unpaired) electrons. The average Bonchev–Trinajstić information content (AvgIpc) is 2.67. The van der Waals surface area contributed by atoms with Crippen LogP contribution >= 0.6 is 0 Å². The monoisotopic (exact) mass is 368 g/mol. The van der Waals surface area contributed by atoms with Crippen molar-refractivity contribution in [3.8, 4) is 11.3 Å². The summed E-state index contributed by atoms with van der Waals surface area (Å²) in [6, 6.07) is 9.94. The van der Waals surface area contributed by atoms with Gasteiger partial charge in [-0.25, -0.2) is 4.57 Å². The van der Waals surface area contributed by atoms with Crippen molar-refractivity contribution in [3.05, 3.63) is 59.2 Å². The summed E-state index contributed by atoms with van der Waals surface area (Å²) >= 11 is 0. The van der Waals surface area contributed by atoms with Crippen LogP contribution < -0.4 is 9.75 Å². The molecule has 2 aromatic carbocycles. The number of hydrogen-bond acceptors (Lipinski definition) is 0. The molecule has 0 saturated carbocycles. The van der Waals surface area contributed by atoms with Gasteiger partial charge in [-0.1, -0.05) is 56.8 Å². The molecule has 1 heterocycles. The molecule has 1 atom stereocenters. The first-order valence-corrected chi connectivity index (χ1v) is 12.5. The van der Waals surface area contributed by atoms with E-state index < -0.39 is 20.8 Å². The Labute approximate surface area is 168 Å². The highest BCUT2D eigenvalue weighted by atomic mass is 28.3. The summed E-state index contributed by atoms with van der Waals surface area (Å²) in [4.78, 5) is 0. The van der Waals surface area contributed by atoms with E-state index in [0.717, 1.165) is 33.2 Å². The van der Waals surface area contributed by atoms with E-state index in [1.807, 2.05) is 19.9 Å². The predicted molar refractivity (Wildman–Crippen MR) is 117 cm³/mol. The minimum absolute atomic E-state index is 0.104. The Balaban J connectivity index is 2.45. The summed E-state index contributed by atoms with van der Waals surface area (Å²) in [5, 5.41) is 2.81. The first-order valence-electron chi connectivity index (χ1n) is 12.0. The van der Waals surface area contributed by atoms with Crippen LogP contribution in [0.1, 0.15) is 44.6 Å². The minimum Gasteiger partial charge on any atom is -0.200 e. The van der Waals surface area contributed by atoms with E-state index in [0.29, 0.717) is 5.56 Å². The normalized spacial score (nSPS) is 18.3. The summed E-state index contributed by atoms with van der Waals surface area (Å²) in [6.45, 7) is 9.61. The van der Waals surface area contributed by atoms with Gasteiger partial charge < -0.3 is 0 Å². The van der Waals surface area contributed by atoms with Crippen molar-refractivity contribution < 1.29 is 12.8 Å². The van der Waals surface area contributed by atoms with Gasteiger partial charge in [-0.2, -0.15) is 0 Å². The van der Waals surface area contributed by atoms with Gasteiger partial charge in [0, 0.05) is 11.5 Å². The Bertz CT molecular complexity index is 1220. The molecule has 0 aliphatic carbocycles. The molecule has 0 aliphatic rings. The molecule has 0 bridgehead atoms. The second kappa shape index (κ2) is 6.66. The van der Waals surface area contributed by atoms with Crippen LogP contribution in [0.2, 0.25) is 19.6 Å². The lowest BCUT2D eigenvalue weighted by Gasteiger charge is -2.18. The fraction of sp³-hybridized carbons (Fsp3) is 0.375. The van der Waals surface area contributed by atoms with Crippen molar-refractivity contribution >= 4 is 24.0 Å². The van der Waals surface area contributed by atoms with Crippen LogP contribution in [0.5, 0.6) is 0 Å². The maximum absolute atomic E-state index is 8.61. The lowest BCUT2D eigenvalue weighted by atomic mass is 9.91. The summed E-state index contributed by atoms with van der Waals surface area (Å²) in [5.74, 6) is -1.77. The van der Waals surface area contributed by atoms with Crippen molar-refractivity contribution in [1.82, 2.24) is 0 Å².